The summed E-state index contributed by atoms with van der Waals surface area (Å²) >= 11 is 0. The number of anilines is 1. The van der Waals surface area contributed by atoms with Crippen LogP contribution in [0.2, 0.25) is 0 Å². The van der Waals surface area contributed by atoms with Crippen LogP contribution in [0.15, 0.2) is 103 Å². The number of rotatable bonds is 7. The van der Waals surface area contributed by atoms with Gasteiger partial charge in [-0.05, 0) is 29.8 Å². The molecular formula is C25H19N3O3. The highest BCUT2D eigenvalue weighted by atomic mass is 16.6. The molecule has 31 heavy (non-hydrogen) atoms. The molecule has 0 saturated carbocycles. The summed E-state index contributed by atoms with van der Waals surface area (Å²) in [7, 11) is 0. The van der Waals surface area contributed by atoms with Gasteiger partial charge in [0.2, 0.25) is 0 Å². The molecule has 152 valence electrons. The van der Waals surface area contributed by atoms with E-state index < -0.39 is 11.0 Å². The Morgan fingerprint density at radius 2 is 1.52 bits per heavy atom. The SMILES string of the molecule is O=C(c1ccccc1)c1ccc(NC(c2ccccc2)c2ccccn2)c([N+](=O)[O-])c1. The van der Waals surface area contributed by atoms with Gasteiger partial charge >= 0.3 is 0 Å². The van der Waals surface area contributed by atoms with Gasteiger partial charge in [-0.1, -0.05) is 66.7 Å². The number of hydrogen-bond donors (Lipinski definition) is 1. The molecule has 1 N–H and O–H groups in total. The van der Waals surface area contributed by atoms with Crippen LogP contribution in [0.5, 0.6) is 0 Å². The van der Waals surface area contributed by atoms with Crippen molar-refractivity contribution in [3.05, 3.63) is 136 Å². The fourth-order valence-electron chi connectivity index (χ4n) is 3.38. The fourth-order valence-corrected chi connectivity index (χ4v) is 3.38. The summed E-state index contributed by atoms with van der Waals surface area (Å²) in [6.07, 6.45) is 1.68. The number of carbonyl (C=O) groups is 1. The third-order valence-corrected chi connectivity index (χ3v) is 4.91. The van der Waals surface area contributed by atoms with Crippen molar-refractivity contribution < 1.29 is 9.72 Å². The van der Waals surface area contributed by atoms with E-state index in [1.165, 1.54) is 6.07 Å². The second-order valence-corrected chi connectivity index (χ2v) is 6.93. The van der Waals surface area contributed by atoms with Crippen LogP contribution in [0.25, 0.3) is 0 Å². The third-order valence-electron chi connectivity index (χ3n) is 4.91. The van der Waals surface area contributed by atoms with E-state index in [4.69, 9.17) is 0 Å². The van der Waals surface area contributed by atoms with Crippen LogP contribution in [0.1, 0.15) is 33.2 Å². The largest absolute Gasteiger partial charge is 0.367 e. The van der Waals surface area contributed by atoms with Crippen molar-refractivity contribution in [2.24, 2.45) is 0 Å². The topological polar surface area (TPSA) is 85.1 Å². The molecular weight excluding hydrogens is 390 g/mol. The number of aromatic nitrogens is 1. The highest BCUT2D eigenvalue weighted by molar-refractivity contribution is 6.09. The number of nitrogens with one attached hydrogen (secondary N) is 1. The number of ketones is 1. The lowest BCUT2D eigenvalue weighted by Crippen LogP contribution is -2.15. The number of nitrogens with zero attached hydrogens (tertiary/aromatic N) is 2. The van der Waals surface area contributed by atoms with Crippen LogP contribution >= 0.6 is 0 Å². The lowest BCUT2D eigenvalue weighted by molar-refractivity contribution is -0.384. The molecule has 0 saturated heterocycles. The van der Waals surface area contributed by atoms with Gasteiger partial charge in [-0.3, -0.25) is 19.9 Å². The first-order valence-electron chi connectivity index (χ1n) is 9.74. The predicted octanol–water partition coefficient (Wildman–Crippen LogP) is 5.42. The van der Waals surface area contributed by atoms with Gasteiger partial charge in [0.05, 0.1) is 16.7 Å². The molecule has 1 atom stereocenters. The molecule has 0 spiro atoms. The molecule has 0 fully saturated rings. The normalized spacial score (nSPS) is 11.5. The first-order chi connectivity index (χ1) is 15.1. The van der Waals surface area contributed by atoms with Crippen molar-refractivity contribution in [2.75, 3.05) is 5.32 Å². The number of hydrogen-bond acceptors (Lipinski definition) is 5. The number of benzene rings is 3. The summed E-state index contributed by atoms with van der Waals surface area (Å²) in [6, 6.07) is 28.0. The predicted molar refractivity (Wildman–Crippen MR) is 119 cm³/mol. The zero-order valence-electron chi connectivity index (χ0n) is 16.5. The number of nitro groups is 1. The van der Waals surface area contributed by atoms with Crippen LogP contribution in [-0.2, 0) is 0 Å². The number of carbonyl (C=O) groups excluding carboxylic acids is 1. The van der Waals surface area contributed by atoms with Gasteiger partial charge in [-0.15, -0.1) is 0 Å². The summed E-state index contributed by atoms with van der Waals surface area (Å²) < 4.78 is 0. The van der Waals surface area contributed by atoms with E-state index in [2.05, 4.69) is 10.3 Å². The average Bonchev–Trinajstić information content (AvgIpc) is 2.83. The van der Waals surface area contributed by atoms with E-state index in [-0.39, 0.29) is 17.0 Å². The maximum absolute atomic E-state index is 12.7. The molecule has 0 radical (unpaired) electrons. The van der Waals surface area contributed by atoms with E-state index in [0.29, 0.717) is 11.3 Å². The van der Waals surface area contributed by atoms with Crippen molar-refractivity contribution in [3.8, 4) is 0 Å². The van der Waals surface area contributed by atoms with Gasteiger partial charge in [0.1, 0.15) is 5.69 Å². The van der Waals surface area contributed by atoms with E-state index in [1.54, 1.807) is 42.6 Å². The summed E-state index contributed by atoms with van der Waals surface area (Å²) in [5.41, 5.74) is 2.53. The molecule has 4 rings (SSSR count). The number of nitro benzene ring substituents is 1. The van der Waals surface area contributed by atoms with Crippen molar-refractivity contribution in [1.29, 1.82) is 0 Å². The smallest absolute Gasteiger partial charge is 0.293 e. The van der Waals surface area contributed by atoms with Crippen LogP contribution in [-0.4, -0.2) is 15.7 Å². The van der Waals surface area contributed by atoms with E-state index >= 15 is 0 Å². The highest BCUT2D eigenvalue weighted by Crippen LogP contribution is 2.32. The molecule has 0 amide bonds. The Hall–Kier alpha value is -4.32. The first-order valence-corrected chi connectivity index (χ1v) is 9.74. The Kier molecular flexibility index (Phi) is 5.80. The fraction of sp³-hybridized carbons (Fsp3) is 0.0400. The van der Waals surface area contributed by atoms with E-state index in [9.17, 15) is 14.9 Å². The minimum atomic E-state index is -0.482. The summed E-state index contributed by atoms with van der Waals surface area (Å²) in [6.45, 7) is 0. The number of pyridine rings is 1. The Bertz CT molecular complexity index is 1160. The van der Waals surface area contributed by atoms with Crippen LogP contribution in [0.3, 0.4) is 0 Å². The quantitative estimate of drug-likeness (QED) is 0.250. The van der Waals surface area contributed by atoms with Crippen LogP contribution < -0.4 is 5.32 Å². The maximum Gasteiger partial charge on any atom is 0.293 e. The average molecular weight is 409 g/mol. The summed E-state index contributed by atoms with van der Waals surface area (Å²) in [4.78, 5) is 28.5. The van der Waals surface area contributed by atoms with Gasteiger partial charge in [-0.2, -0.15) is 0 Å². The lowest BCUT2D eigenvalue weighted by atomic mass is 10.0. The molecule has 1 unspecified atom stereocenters. The lowest BCUT2D eigenvalue weighted by Gasteiger charge is -2.20. The maximum atomic E-state index is 12.7. The Morgan fingerprint density at radius 3 is 2.16 bits per heavy atom. The molecule has 0 aliphatic carbocycles. The minimum Gasteiger partial charge on any atom is -0.367 e. The van der Waals surface area contributed by atoms with Gasteiger partial charge in [-0.25, -0.2) is 0 Å². The molecule has 0 aliphatic heterocycles. The standard InChI is InChI=1S/C25H19N3O3/c29-25(19-11-5-2-6-12-19)20-14-15-21(23(17-20)28(30)31)27-24(18-9-3-1-4-10-18)22-13-7-8-16-26-22/h1-17,24,27H. The van der Waals surface area contributed by atoms with Crippen LogP contribution in [0, 0.1) is 10.1 Å². The van der Waals surface area contributed by atoms with Crippen molar-refractivity contribution >= 4 is 17.2 Å². The zero-order chi connectivity index (χ0) is 21.6. The van der Waals surface area contributed by atoms with Gasteiger partial charge in [0.25, 0.3) is 5.69 Å². The molecule has 0 bridgehead atoms. The summed E-state index contributed by atoms with van der Waals surface area (Å²) in [5, 5.41) is 15.1. The van der Waals surface area contributed by atoms with E-state index in [0.717, 1.165) is 11.3 Å². The molecule has 0 aliphatic rings. The van der Waals surface area contributed by atoms with Gasteiger partial charge in [0.15, 0.2) is 5.78 Å². The van der Waals surface area contributed by atoms with Gasteiger partial charge < -0.3 is 5.32 Å². The van der Waals surface area contributed by atoms with Crippen molar-refractivity contribution in [3.63, 3.8) is 0 Å². The zero-order valence-corrected chi connectivity index (χ0v) is 16.5. The minimum absolute atomic E-state index is 0.168. The van der Waals surface area contributed by atoms with Crippen molar-refractivity contribution in [1.82, 2.24) is 4.98 Å². The Balaban J connectivity index is 1.72. The monoisotopic (exact) mass is 409 g/mol. The molecule has 3 aromatic carbocycles. The summed E-state index contributed by atoms with van der Waals surface area (Å²) in [5.74, 6) is -0.264. The molecule has 1 aromatic heterocycles. The second-order valence-electron chi connectivity index (χ2n) is 6.93. The van der Waals surface area contributed by atoms with E-state index in [1.807, 2.05) is 54.6 Å². The van der Waals surface area contributed by atoms with Crippen LogP contribution in [0.4, 0.5) is 11.4 Å². The molecule has 4 aromatic rings. The highest BCUT2D eigenvalue weighted by Gasteiger charge is 2.22. The molecule has 1 heterocycles. The molecule has 6 heteroatoms. The van der Waals surface area contributed by atoms with Gasteiger partial charge in [0, 0.05) is 23.4 Å². The Labute approximate surface area is 179 Å². The first kappa shape index (κ1) is 20.0. The van der Waals surface area contributed by atoms with Crippen molar-refractivity contribution in [2.45, 2.75) is 6.04 Å². The second kappa shape index (κ2) is 9.00. The molecule has 6 nitrogen and oxygen atoms in total. The third kappa shape index (κ3) is 4.48. The Morgan fingerprint density at radius 1 is 0.839 bits per heavy atom.